The highest BCUT2D eigenvalue weighted by atomic mass is 32.1. The topological polar surface area (TPSA) is 109 Å². The van der Waals surface area contributed by atoms with E-state index >= 15 is 0 Å². The molecule has 182 valence electrons. The van der Waals surface area contributed by atoms with Crippen molar-refractivity contribution in [2.24, 2.45) is 17.6 Å². The number of thiophene rings is 1. The summed E-state index contributed by atoms with van der Waals surface area (Å²) in [5.41, 5.74) is 7.86. The summed E-state index contributed by atoms with van der Waals surface area (Å²) in [6, 6.07) is 13.9. The summed E-state index contributed by atoms with van der Waals surface area (Å²) in [5.74, 6) is 1.33. The molecule has 0 spiro atoms. The van der Waals surface area contributed by atoms with Crippen molar-refractivity contribution in [3.8, 4) is 10.6 Å². The van der Waals surface area contributed by atoms with Gasteiger partial charge in [0.25, 0.3) is 0 Å². The van der Waals surface area contributed by atoms with E-state index in [-0.39, 0.29) is 24.6 Å². The molecule has 0 aliphatic carbocycles. The number of anilines is 1. The van der Waals surface area contributed by atoms with Crippen LogP contribution in [0.15, 0.2) is 48.7 Å². The van der Waals surface area contributed by atoms with Crippen molar-refractivity contribution in [1.29, 1.82) is 0 Å². The van der Waals surface area contributed by atoms with Crippen molar-refractivity contribution < 1.29 is 10.2 Å². The Bertz CT molecular complexity index is 1190. The number of imidazole rings is 1. The standard InChI is InChI=1S/C26H35N5O2S/c1-16(2)10-20(27)22(33)12-17(3)11-19(15-32)29-25-8-9-26-28-14-21(31(26)30-25)24-13-18-6-4-5-7-23(18)34-24/h4-9,13-14,16-17,19-20,22,32-33H,10-12,15,27H2,1-3H3,(H,29,30)/t17?,19-,20?,22-/m1/s1. The Morgan fingerprint density at radius 2 is 1.88 bits per heavy atom. The molecule has 4 atom stereocenters. The highest BCUT2D eigenvalue weighted by Crippen LogP contribution is 2.33. The molecule has 0 radical (unpaired) electrons. The Hall–Kier alpha value is -2.52. The quantitative estimate of drug-likeness (QED) is 0.251. The van der Waals surface area contributed by atoms with Gasteiger partial charge in [-0.2, -0.15) is 0 Å². The van der Waals surface area contributed by atoms with E-state index in [1.165, 1.54) is 10.1 Å². The van der Waals surface area contributed by atoms with Crippen LogP contribution >= 0.6 is 11.3 Å². The molecule has 3 heterocycles. The summed E-state index contributed by atoms with van der Waals surface area (Å²) in [6.45, 7) is 6.28. The fourth-order valence-electron chi connectivity index (χ4n) is 4.49. The van der Waals surface area contributed by atoms with Crippen molar-refractivity contribution in [1.82, 2.24) is 14.6 Å². The number of nitrogens with two attached hydrogens (primary N) is 1. The molecule has 2 unspecified atom stereocenters. The minimum absolute atomic E-state index is 0.0225. The molecule has 7 nitrogen and oxygen atoms in total. The van der Waals surface area contributed by atoms with Gasteiger partial charge < -0.3 is 21.3 Å². The molecule has 0 aliphatic rings. The number of benzene rings is 1. The molecular weight excluding hydrogens is 446 g/mol. The predicted octanol–water partition coefficient (Wildman–Crippen LogP) is 4.53. The number of aliphatic hydroxyl groups excluding tert-OH is 2. The summed E-state index contributed by atoms with van der Waals surface area (Å²) in [6.07, 6.45) is 3.42. The van der Waals surface area contributed by atoms with Gasteiger partial charge in [-0.15, -0.1) is 16.4 Å². The second kappa shape index (κ2) is 10.8. The van der Waals surface area contributed by atoms with Gasteiger partial charge in [-0.3, -0.25) is 0 Å². The molecule has 34 heavy (non-hydrogen) atoms. The number of aliphatic hydroxyl groups is 2. The third-order valence-electron chi connectivity index (χ3n) is 6.18. The van der Waals surface area contributed by atoms with Crippen LogP contribution in [0.3, 0.4) is 0 Å². The van der Waals surface area contributed by atoms with Gasteiger partial charge in [0.05, 0.1) is 29.8 Å². The highest BCUT2D eigenvalue weighted by Gasteiger charge is 2.21. The maximum atomic E-state index is 10.5. The highest BCUT2D eigenvalue weighted by molar-refractivity contribution is 7.22. The number of hydrogen-bond acceptors (Lipinski definition) is 7. The Kier molecular flexibility index (Phi) is 7.83. The summed E-state index contributed by atoms with van der Waals surface area (Å²) < 4.78 is 3.07. The number of nitrogens with zero attached hydrogens (tertiary/aromatic N) is 3. The van der Waals surface area contributed by atoms with Gasteiger partial charge in [-0.25, -0.2) is 9.50 Å². The molecule has 0 amide bonds. The Morgan fingerprint density at radius 1 is 1.09 bits per heavy atom. The zero-order valence-electron chi connectivity index (χ0n) is 20.1. The van der Waals surface area contributed by atoms with Gasteiger partial charge in [0, 0.05) is 10.7 Å². The maximum Gasteiger partial charge on any atom is 0.154 e. The molecular formula is C26H35N5O2S. The van der Waals surface area contributed by atoms with E-state index in [2.05, 4.69) is 49.3 Å². The zero-order valence-corrected chi connectivity index (χ0v) is 20.9. The lowest BCUT2D eigenvalue weighted by molar-refractivity contribution is 0.105. The third-order valence-corrected chi connectivity index (χ3v) is 7.32. The summed E-state index contributed by atoms with van der Waals surface area (Å²) in [5, 5.41) is 29.8. The third kappa shape index (κ3) is 5.75. The van der Waals surface area contributed by atoms with Crippen LogP contribution in [0.1, 0.15) is 40.0 Å². The van der Waals surface area contributed by atoms with Crippen molar-refractivity contribution in [2.45, 2.75) is 58.2 Å². The van der Waals surface area contributed by atoms with Crippen molar-refractivity contribution >= 4 is 32.9 Å². The monoisotopic (exact) mass is 481 g/mol. The fourth-order valence-corrected chi connectivity index (χ4v) is 5.54. The fraction of sp³-hybridized carbons (Fsp3) is 0.462. The molecule has 0 fully saturated rings. The van der Waals surface area contributed by atoms with Gasteiger partial charge in [0.15, 0.2) is 5.65 Å². The number of nitrogens with one attached hydrogen (secondary N) is 1. The van der Waals surface area contributed by atoms with Crippen LogP contribution < -0.4 is 11.1 Å². The minimum Gasteiger partial charge on any atom is -0.394 e. The van der Waals surface area contributed by atoms with Crippen LogP contribution in [-0.4, -0.2) is 49.6 Å². The summed E-state index contributed by atoms with van der Waals surface area (Å²) >= 11 is 1.72. The van der Waals surface area contributed by atoms with Crippen LogP contribution in [-0.2, 0) is 0 Å². The summed E-state index contributed by atoms with van der Waals surface area (Å²) in [7, 11) is 0. The molecule has 3 aromatic heterocycles. The second-order valence-electron chi connectivity index (χ2n) is 9.74. The second-order valence-corrected chi connectivity index (χ2v) is 10.8. The van der Waals surface area contributed by atoms with E-state index < -0.39 is 6.10 Å². The molecule has 0 aliphatic heterocycles. The van der Waals surface area contributed by atoms with E-state index in [9.17, 15) is 10.2 Å². The lowest BCUT2D eigenvalue weighted by atomic mass is 9.90. The Labute approximate surface area is 204 Å². The molecule has 8 heteroatoms. The van der Waals surface area contributed by atoms with E-state index in [0.29, 0.717) is 24.6 Å². The SMILES string of the molecule is CC(C)CC(N)[C@H](O)CC(C)C[C@H](CO)Nc1ccc2ncc(-c3cc4ccccc4s3)n2n1. The van der Waals surface area contributed by atoms with Crippen LogP contribution in [0.25, 0.3) is 26.3 Å². The number of hydrogen-bond donors (Lipinski definition) is 4. The lowest BCUT2D eigenvalue weighted by Crippen LogP contribution is -2.37. The Morgan fingerprint density at radius 3 is 2.62 bits per heavy atom. The van der Waals surface area contributed by atoms with Crippen molar-refractivity contribution in [3.05, 3.63) is 48.7 Å². The smallest absolute Gasteiger partial charge is 0.154 e. The first-order valence-electron chi connectivity index (χ1n) is 12.0. The minimum atomic E-state index is -0.541. The van der Waals surface area contributed by atoms with Crippen LogP contribution in [0.4, 0.5) is 5.82 Å². The van der Waals surface area contributed by atoms with E-state index in [1.807, 2.05) is 35.0 Å². The van der Waals surface area contributed by atoms with Gasteiger partial charge in [-0.05, 0) is 60.7 Å². The first kappa shape index (κ1) is 24.6. The molecule has 5 N–H and O–H groups in total. The van der Waals surface area contributed by atoms with Gasteiger partial charge in [0.1, 0.15) is 11.5 Å². The Balaban J connectivity index is 1.46. The van der Waals surface area contributed by atoms with E-state index in [0.717, 1.165) is 22.6 Å². The van der Waals surface area contributed by atoms with Crippen molar-refractivity contribution in [3.63, 3.8) is 0 Å². The lowest BCUT2D eigenvalue weighted by Gasteiger charge is -2.26. The average Bonchev–Trinajstić information content (AvgIpc) is 3.41. The molecule has 0 bridgehead atoms. The normalized spacial score (nSPS) is 15.6. The first-order valence-corrected chi connectivity index (χ1v) is 12.8. The van der Waals surface area contributed by atoms with Crippen molar-refractivity contribution in [2.75, 3.05) is 11.9 Å². The summed E-state index contributed by atoms with van der Waals surface area (Å²) in [4.78, 5) is 5.62. The molecule has 1 aromatic carbocycles. The van der Waals surface area contributed by atoms with Gasteiger partial charge >= 0.3 is 0 Å². The number of rotatable bonds is 11. The van der Waals surface area contributed by atoms with Gasteiger partial charge in [0.2, 0.25) is 0 Å². The van der Waals surface area contributed by atoms with Crippen LogP contribution in [0.2, 0.25) is 0 Å². The molecule has 4 aromatic rings. The largest absolute Gasteiger partial charge is 0.394 e. The maximum absolute atomic E-state index is 10.5. The molecule has 0 saturated heterocycles. The van der Waals surface area contributed by atoms with Crippen LogP contribution in [0, 0.1) is 11.8 Å². The number of aromatic nitrogens is 3. The molecule has 0 saturated carbocycles. The van der Waals surface area contributed by atoms with Crippen LogP contribution in [0.5, 0.6) is 0 Å². The number of fused-ring (bicyclic) bond motifs is 2. The van der Waals surface area contributed by atoms with E-state index in [4.69, 9.17) is 10.8 Å². The predicted molar refractivity (Wildman–Crippen MR) is 140 cm³/mol. The van der Waals surface area contributed by atoms with E-state index in [1.54, 1.807) is 11.3 Å². The van der Waals surface area contributed by atoms with Gasteiger partial charge in [-0.1, -0.05) is 39.0 Å². The zero-order chi connectivity index (χ0) is 24.2. The first-order chi connectivity index (χ1) is 16.3. The molecule has 4 rings (SSSR count). The average molecular weight is 482 g/mol.